The topological polar surface area (TPSA) is 88.5 Å². The molecule has 7 nitrogen and oxygen atoms in total. The van der Waals surface area contributed by atoms with Gasteiger partial charge in [-0.3, -0.25) is 0 Å². The van der Waals surface area contributed by atoms with Crippen LogP contribution in [0.15, 0.2) is 0 Å². The van der Waals surface area contributed by atoms with Crippen LogP contribution in [0.4, 0.5) is 18.0 Å². The van der Waals surface area contributed by atoms with Crippen LogP contribution in [0.3, 0.4) is 0 Å². The molecule has 0 aromatic rings. The van der Waals surface area contributed by atoms with Crippen LogP contribution >= 0.6 is 0 Å². The number of hydrogen-bond donors (Lipinski definition) is 2. The van der Waals surface area contributed by atoms with Gasteiger partial charge in [-0.25, -0.2) is 4.79 Å². The summed E-state index contributed by atoms with van der Waals surface area (Å²) in [6.07, 6.45) is -1.08. The molecule has 0 saturated carbocycles. The fourth-order valence-corrected chi connectivity index (χ4v) is 2.38. The first-order valence-corrected chi connectivity index (χ1v) is 9.85. The van der Waals surface area contributed by atoms with E-state index in [0.29, 0.717) is 39.1 Å². The maximum Gasteiger partial charge on any atom is 1.00 e. The first-order chi connectivity index (χ1) is 13.3. The fraction of sp³-hybridized carbons (Fsp3) is 0.947. The van der Waals surface area contributed by atoms with E-state index in [2.05, 4.69) is 0 Å². The molecule has 2 aliphatic heterocycles. The summed E-state index contributed by atoms with van der Waals surface area (Å²) in [5.41, 5.74) is -1.27. The van der Waals surface area contributed by atoms with Gasteiger partial charge in [-0.05, 0) is 53.4 Å². The molecule has 2 rings (SSSR count). The van der Waals surface area contributed by atoms with E-state index in [1.54, 1.807) is 4.90 Å². The van der Waals surface area contributed by atoms with Gasteiger partial charge in [0.2, 0.25) is 0 Å². The summed E-state index contributed by atoms with van der Waals surface area (Å²) in [5.74, 6) is 0. The Kier molecular flexibility index (Phi) is 16.7. The maximum absolute atomic E-state index is 11.8. The molecular formula is C19H37F3NNaO6. The molecule has 11 heteroatoms. The molecule has 176 valence electrons. The number of carbonyl (C=O) groups excluding carboxylic acids is 1. The van der Waals surface area contributed by atoms with Crippen molar-refractivity contribution in [2.24, 2.45) is 0 Å². The summed E-state index contributed by atoms with van der Waals surface area (Å²) in [4.78, 5) is 13.5. The first kappa shape index (κ1) is 32.1. The monoisotopic (exact) mass is 455 g/mol. The van der Waals surface area contributed by atoms with Crippen molar-refractivity contribution >= 4 is 6.09 Å². The molecule has 0 aliphatic carbocycles. The number of aliphatic hydroxyl groups excluding tert-OH is 1. The van der Waals surface area contributed by atoms with Crippen molar-refractivity contribution in [3.63, 3.8) is 0 Å². The van der Waals surface area contributed by atoms with Crippen LogP contribution in [0, 0.1) is 0 Å². The summed E-state index contributed by atoms with van der Waals surface area (Å²) in [6, 6.07) is 0. The zero-order valence-corrected chi connectivity index (χ0v) is 20.9. The van der Waals surface area contributed by atoms with Crippen molar-refractivity contribution in [3.05, 3.63) is 0 Å². The average Bonchev–Trinajstić information content (AvgIpc) is 3.19. The van der Waals surface area contributed by atoms with Gasteiger partial charge in [0.25, 0.3) is 0 Å². The van der Waals surface area contributed by atoms with E-state index in [1.165, 1.54) is 12.8 Å². The SMILES string of the molecule is C1CCOC1.CCOCC1(O)CCN(C(=O)OC(C)(C)C)CC1.OCC(F)(F)F.[H-].[Na+]. The quantitative estimate of drug-likeness (QED) is 0.593. The number of hydrogen-bond acceptors (Lipinski definition) is 6. The number of piperidine rings is 1. The third kappa shape index (κ3) is 17.6. The zero-order chi connectivity index (χ0) is 22.6. The molecular weight excluding hydrogens is 418 g/mol. The molecule has 1 amide bonds. The summed E-state index contributed by atoms with van der Waals surface area (Å²) in [5, 5.41) is 17.5. The van der Waals surface area contributed by atoms with Gasteiger partial charge in [-0.1, -0.05) is 0 Å². The van der Waals surface area contributed by atoms with Crippen LogP contribution < -0.4 is 29.6 Å². The van der Waals surface area contributed by atoms with Gasteiger partial charge in [0.05, 0.1) is 12.2 Å². The van der Waals surface area contributed by atoms with Crippen molar-refractivity contribution < 1.29 is 73.4 Å². The van der Waals surface area contributed by atoms with Crippen molar-refractivity contribution in [2.75, 3.05) is 46.1 Å². The minimum absolute atomic E-state index is 0. The van der Waals surface area contributed by atoms with Crippen LogP contribution in [0.1, 0.15) is 54.8 Å². The molecule has 0 atom stereocenters. The van der Waals surface area contributed by atoms with Gasteiger partial charge in [-0.2, -0.15) is 13.2 Å². The Bertz CT molecular complexity index is 447. The van der Waals surface area contributed by atoms with Crippen molar-refractivity contribution in [2.45, 2.75) is 70.8 Å². The van der Waals surface area contributed by atoms with Gasteiger partial charge < -0.3 is 30.8 Å². The van der Waals surface area contributed by atoms with E-state index in [9.17, 15) is 23.1 Å². The summed E-state index contributed by atoms with van der Waals surface area (Å²) >= 11 is 0. The number of aliphatic hydroxyl groups is 2. The predicted molar refractivity (Wildman–Crippen MR) is 103 cm³/mol. The molecule has 0 spiro atoms. The Morgan fingerprint density at radius 1 is 1.17 bits per heavy atom. The van der Waals surface area contributed by atoms with E-state index in [1.807, 2.05) is 27.7 Å². The molecule has 0 unspecified atom stereocenters. The average molecular weight is 455 g/mol. The van der Waals surface area contributed by atoms with Crippen molar-refractivity contribution in [3.8, 4) is 0 Å². The summed E-state index contributed by atoms with van der Waals surface area (Å²) < 4.78 is 47.1. The molecule has 30 heavy (non-hydrogen) atoms. The standard InChI is InChI=1S/C13H25NO4.C4H8O.C2H3F3O.Na.H/c1-5-17-10-13(16)6-8-14(9-7-13)11(15)18-12(2,3)4;1-2-4-5-3-1;3-2(4,5)1-6;;/h16H,5-10H2,1-4H3;1-4H2;6H,1H2;;/q;;;+1;-1. The Morgan fingerprint density at radius 2 is 1.63 bits per heavy atom. The number of nitrogens with zero attached hydrogens (tertiary/aromatic N) is 1. The third-order valence-corrected chi connectivity index (χ3v) is 3.93. The second-order valence-corrected chi connectivity index (χ2v) is 7.92. The second-order valence-electron chi connectivity index (χ2n) is 7.92. The second kappa shape index (κ2) is 15.7. The Balaban J connectivity index is -0.000000498. The number of amides is 1. The number of ether oxygens (including phenoxy) is 3. The maximum atomic E-state index is 11.8. The van der Waals surface area contributed by atoms with E-state index >= 15 is 0 Å². The smallest absolute Gasteiger partial charge is 1.00 e. The van der Waals surface area contributed by atoms with Crippen LogP contribution in [0.2, 0.25) is 0 Å². The molecule has 2 fully saturated rings. The van der Waals surface area contributed by atoms with Crippen molar-refractivity contribution in [1.82, 2.24) is 4.90 Å². The third-order valence-electron chi connectivity index (χ3n) is 3.93. The minimum atomic E-state index is -4.40. The molecule has 2 heterocycles. The molecule has 0 radical (unpaired) electrons. The van der Waals surface area contributed by atoms with E-state index < -0.39 is 24.0 Å². The zero-order valence-electron chi connectivity index (χ0n) is 19.9. The number of rotatable bonds is 3. The molecule has 2 N–H and O–H groups in total. The van der Waals surface area contributed by atoms with Crippen LogP contribution in [0.25, 0.3) is 0 Å². The van der Waals surface area contributed by atoms with E-state index in [4.69, 9.17) is 19.3 Å². The van der Waals surface area contributed by atoms with Gasteiger partial charge in [0.15, 0.2) is 0 Å². The number of carbonyl (C=O) groups is 1. The van der Waals surface area contributed by atoms with E-state index in [0.717, 1.165) is 13.2 Å². The fourth-order valence-electron chi connectivity index (χ4n) is 2.38. The predicted octanol–water partition coefficient (Wildman–Crippen LogP) is 0.239. The van der Waals surface area contributed by atoms with Crippen molar-refractivity contribution in [1.29, 1.82) is 0 Å². The molecule has 2 saturated heterocycles. The Labute approximate surface area is 201 Å². The number of alkyl halides is 3. The summed E-state index contributed by atoms with van der Waals surface area (Å²) in [6.45, 7) is 9.67. The summed E-state index contributed by atoms with van der Waals surface area (Å²) in [7, 11) is 0. The van der Waals surface area contributed by atoms with Gasteiger partial charge >= 0.3 is 41.8 Å². The van der Waals surface area contributed by atoms with Gasteiger partial charge in [-0.15, -0.1) is 0 Å². The molecule has 0 aromatic carbocycles. The van der Waals surface area contributed by atoms with Crippen LogP contribution in [0.5, 0.6) is 0 Å². The minimum Gasteiger partial charge on any atom is -1.00 e. The Morgan fingerprint density at radius 3 is 1.93 bits per heavy atom. The number of likely N-dealkylation sites (tertiary alicyclic amines) is 1. The van der Waals surface area contributed by atoms with Gasteiger partial charge in [0.1, 0.15) is 12.2 Å². The molecule has 2 aliphatic rings. The Hall–Kier alpha value is -0.100. The normalized spacial score (nSPS) is 18.2. The first-order valence-electron chi connectivity index (χ1n) is 9.85. The molecule has 0 aromatic heterocycles. The largest absolute Gasteiger partial charge is 1.00 e. The molecule has 0 bridgehead atoms. The number of halogens is 3. The van der Waals surface area contributed by atoms with Crippen LogP contribution in [-0.4, -0.2) is 84.7 Å². The van der Waals surface area contributed by atoms with E-state index in [-0.39, 0.29) is 37.1 Å². The van der Waals surface area contributed by atoms with Crippen LogP contribution in [-0.2, 0) is 14.2 Å². The van der Waals surface area contributed by atoms with Gasteiger partial charge in [0, 0.05) is 32.9 Å².